The van der Waals surface area contributed by atoms with Gasteiger partial charge in [-0.05, 0) is 47.3 Å². The zero-order valence-corrected chi connectivity index (χ0v) is 9.67. The number of carbonyl (C=O) groups excluding carboxylic acids is 1. The second kappa shape index (κ2) is 5.98. The van der Waals surface area contributed by atoms with Gasteiger partial charge in [0.05, 0.1) is 6.61 Å². The summed E-state index contributed by atoms with van der Waals surface area (Å²) in [7, 11) is 4.00. The monoisotopic (exact) mass is 202 g/mol. The fourth-order valence-electron chi connectivity index (χ4n) is 1.16. The lowest BCUT2D eigenvalue weighted by molar-refractivity contribution is -0.149. The molecular formula is C10H22N2O2. The lowest BCUT2D eigenvalue weighted by atomic mass is 9.97. The third-order valence-corrected chi connectivity index (χ3v) is 2.04. The van der Waals surface area contributed by atoms with E-state index in [0.29, 0.717) is 13.0 Å². The van der Waals surface area contributed by atoms with Gasteiger partial charge in [-0.3, -0.25) is 4.79 Å². The molecule has 84 valence electrons. The van der Waals surface area contributed by atoms with Crippen LogP contribution in [0.1, 0.15) is 26.7 Å². The van der Waals surface area contributed by atoms with Crippen LogP contribution >= 0.6 is 0 Å². The van der Waals surface area contributed by atoms with E-state index in [1.54, 1.807) is 13.8 Å². The Balaban J connectivity index is 3.87. The molecule has 0 radical (unpaired) electrons. The smallest absolute Gasteiger partial charge is 0.325 e. The molecule has 1 unspecified atom stereocenters. The van der Waals surface area contributed by atoms with E-state index < -0.39 is 5.54 Å². The van der Waals surface area contributed by atoms with E-state index >= 15 is 0 Å². The summed E-state index contributed by atoms with van der Waals surface area (Å²) in [5, 5.41) is 0. The lowest BCUT2D eigenvalue weighted by Crippen LogP contribution is -2.46. The van der Waals surface area contributed by atoms with E-state index in [2.05, 4.69) is 4.90 Å². The Hall–Kier alpha value is -0.610. The number of nitrogens with zero attached hydrogens (tertiary/aromatic N) is 1. The van der Waals surface area contributed by atoms with Gasteiger partial charge < -0.3 is 15.4 Å². The Labute approximate surface area is 86.4 Å². The van der Waals surface area contributed by atoms with Gasteiger partial charge in [0.1, 0.15) is 5.54 Å². The fraction of sp³-hybridized carbons (Fsp3) is 0.900. The Bertz CT molecular complexity index is 179. The van der Waals surface area contributed by atoms with E-state index in [1.165, 1.54) is 0 Å². The highest BCUT2D eigenvalue weighted by Gasteiger charge is 2.28. The molecule has 0 aromatic carbocycles. The van der Waals surface area contributed by atoms with Gasteiger partial charge in [0.2, 0.25) is 0 Å². The normalized spacial score (nSPS) is 15.3. The number of rotatable bonds is 6. The van der Waals surface area contributed by atoms with Gasteiger partial charge in [0, 0.05) is 0 Å². The molecule has 0 rings (SSSR count). The topological polar surface area (TPSA) is 55.6 Å². The fourth-order valence-corrected chi connectivity index (χ4v) is 1.16. The molecule has 0 fully saturated rings. The Morgan fingerprint density at radius 3 is 2.50 bits per heavy atom. The van der Waals surface area contributed by atoms with Gasteiger partial charge in [-0.2, -0.15) is 0 Å². The first-order chi connectivity index (χ1) is 6.40. The third-order valence-electron chi connectivity index (χ3n) is 2.04. The van der Waals surface area contributed by atoms with Gasteiger partial charge in [0.15, 0.2) is 0 Å². The molecule has 2 N–H and O–H groups in total. The van der Waals surface area contributed by atoms with E-state index in [0.717, 1.165) is 13.0 Å². The Kier molecular flexibility index (Phi) is 5.72. The average Bonchev–Trinajstić information content (AvgIpc) is 2.03. The summed E-state index contributed by atoms with van der Waals surface area (Å²) in [6.07, 6.45) is 1.56. The van der Waals surface area contributed by atoms with Crippen molar-refractivity contribution < 1.29 is 9.53 Å². The van der Waals surface area contributed by atoms with Crippen LogP contribution in [0.2, 0.25) is 0 Å². The van der Waals surface area contributed by atoms with E-state index in [-0.39, 0.29) is 5.97 Å². The van der Waals surface area contributed by atoms with Crippen molar-refractivity contribution in [2.75, 3.05) is 27.2 Å². The Morgan fingerprint density at radius 1 is 1.50 bits per heavy atom. The van der Waals surface area contributed by atoms with Crippen LogP contribution in [0.5, 0.6) is 0 Å². The number of ether oxygens (including phenoxy) is 1. The first-order valence-corrected chi connectivity index (χ1v) is 5.01. The van der Waals surface area contributed by atoms with E-state index in [1.807, 2.05) is 14.1 Å². The summed E-state index contributed by atoms with van der Waals surface area (Å²) >= 11 is 0. The van der Waals surface area contributed by atoms with Gasteiger partial charge in [-0.1, -0.05) is 0 Å². The molecule has 0 spiro atoms. The van der Waals surface area contributed by atoms with Gasteiger partial charge in [0.25, 0.3) is 0 Å². The number of esters is 1. The van der Waals surface area contributed by atoms with Gasteiger partial charge in [-0.25, -0.2) is 0 Å². The molecule has 0 aromatic rings. The minimum Gasteiger partial charge on any atom is -0.465 e. The van der Waals surface area contributed by atoms with Gasteiger partial charge in [-0.15, -0.1) is 0 Å². The number of nitrogens with two attached hydrogens (primary N) is 1. The van der Waals surface area contributed by atoms with Crippen LogP contribution in [0.25, 0.3) is 0 Å². The zero-order valence-electron chi connectivity index (χ0n) is 9.67. The highest BCUT2D eigenvalue weighted by atomic mass is 16.5. The van der Waals surface area contributed by atoms with E-state index in [9.17, 15) is 4.79 Å². The molecule has 14 heavy (non-hydrogen) atoms. The number of carbonyl (C=O) groups is 1. The first-order valence-electron chi connectivity index (χ1n) is 5.01. The maximum absolute atomic E-state index is 11.4. The van der Waals surface area contributed by atoms with Crippen molar-refractivity contribution in [1.82, 2.24) is 4.90 Å². The van der Waals surface area contributed by atoms with Crippen molar-refractivity contribution in [3.8, 4) is 0 Å². The molecule has 1 atom stereocenters. The minimum atomic E-state index is -0.841. The van der Waals surface area contributed by atoms with Crippen molar-refractivity contribution in [3.05, 3.63) is 0 Å². The number of hydrogen-bond donors (Lipinski definition) is 1. The van der Waals surface area contributed by atoms with Crippen LogP contribution < -0.4 is 5.73 Å². The second-order valence-electron chi connectivity index (χ2n) is 4.04. The van der Waals surface area contributed by atoms with Crippen molar-refractivity contribution in [2.45, 2.75) is 32.2 Å². The standard InChI is InChI=1S/C10H22N2O2/c1-5-14-9(13)10(2,11)7-6-8-12(3)4/h5-8,11H2,1-4H3. The van der Waals surface area contributed by atoms with Crippen molar-refractivity contribution in [2.24, 2.45) is 5.73 Å². The van der Waals surface area contributed by atoms with Gasteiger partial charge >= 0.3 is 5.97 Å². The van der Waals surface area contributed by atoms with Crippen LogP contribution in [0.15, 0.2) is 0 Å². The van der Waals surface area contributed by atoms with Crippen molar-refractivity contribution >= 4 is 5.97 Å². The summed E-state index contributed by atoms with van der Waals surface area (Å²) in [5.74, 6) is -0.307. The van der Waals surface area contributed by atoms with Crippen LogP contribution in [-0.4, -0.2) is 43.7 Å². The molecule has 0 amide bonds. The maximum atomic E-state index is 11.4. The molecule has 0 aromatic heterocycles. The SMILES string of the molecule is CCOC(=O)C(C)(N)CCCN(C)C. The molecule has 0 saturated carbocycles. The summed E-state index contributed by atoms with van der Waals surface area (Å²) in [5.41, 5.74) is 5.00. The molecule has 0 aliphatic heterocycles. The molecule has 0 saturated heterocycles. The van der Waals surface area contributed by atoms with Crippen LogP contribution in [0.4, 0.5) is 0 Å². The maximum Gasteiger partial charge on any atom is 0.325 e. The van der Waals surface area contributed by atoms with Crippen LogP contribution in [0.3, 0.4) is 0 Å². The second-order valence-corrected chi connectivity index (χ2v) is 4.04. The minimum absolute atomic E-state index is 0.307. The average molecular weight is 202 g/mol. The van der Waals surface area contributed by atoms with E-state index in [4.69, 9.17) is 10.5 Å². The molecule has 4 heteroatoms. The third kappa shape index (κ3) is 5.19. The first kappa shape index (κ1) is 13.4. The van der Waals surface area contributed by atoms with Crippen molar-refractivity contribution in [1.29, 1.82) is 0 Å². The molecule has 0 aliphatic carbocycles. The molecule has 0 bridgehead atoms. The lowest BCUT2D eigenvalue weighted by Gasteiger charge is -2.22. The summed E-state index contributed by atoms with van der Waals surface area (Å²) in [4.78, 5) is 13.5. The zero-order chi connectivity index (χ0) is 11.2. The highest BCUT2D eigenvalue weighted by Crippen LogP contribution is 2.11. The van der Waals surface area contributed by atoms with Crippen LogP contribution in [0, 0.1) is 0 Å². The van der Waals surface area contributed by atoms with Crippen LogP contribution in [-0.2, 0) is 9.53 Å². The Morgan fingerprint density at radius 2 is 2.07 bits per heavy atom. The summed E-state index contributed by atoms with van der Waals surface area (Å²) in [6.45, 7) is 4.83. The predicted octanol–water partition coefficient (Wildman–Crippen LogP) is 0.609. The molecule has 4 nitrogen and oxygen atoms in total. The highest BCUT2D eigenvalue weighted by molar-refractivity contribution is 5.79. The summed E-state index contributed by atoms with van der Waals surface area (Å²) in [6, 6.07) is 0. The number of hydrogen-bond acceptors (Lipinski definition) is 4. The quantitative estimate of drug-likeness (QED) is 0.641. The predicted molar refractivity (Wildman–Crippen MR) is 57.0 cm³/mol. The molecule has 0 aliphatic rings. The molecule has 0 heterocycles. The van der Waals surface area contributed by atoms with Crippen molar-refractivity contribution in [3.63, 3.8) is 0 Å². The summed E-state index contributed by atoms with van der Waals surface area (Å²) < 4.78 is 4.89. The largest absolute Gasteiger partial charge is 0.465 e. The molecular weight excluding hydrogens is 180 g/mol.